The zero-order chi connectivity index (χ0) is 15.5. The van der Waals surface area contributed by atoms with Crippen molar-refractivity contribution in [1.82, 2.24) is 14.8 Å². The Morgan fingerprint density at radius 1 is 1.50 bits per heavy atom. The third-order valence-electron chi connectivity index (χ3n) is 3.38. The Bertz CT molecular complexity index is 747. The fourth-order valence-electron chi connectivity index (χ4n) is 2.39. The van der Waals surface area contributed by atoms with Crippen LogP contribution < -0.4 is 14.8 Å². The van der Waals surface area contributed by atoms with Gasteiger partial charge in [-0.1, -0.05) is 12.0 Å². The molecule has 1 unspecified atom stereocenters. The highest BCUT2D eigenvalue weighted by atomic mass is 16.5. The smallest absolute Gasteiger partial charge is 0.229 e. The highest BCUT2D eigenvalue weighted by Crippen LogP contribution is 2.34. The maximum Gasteiger partial charge on any atom is 0.229 e. The molecule has 112 valence electrons. The maximum atomic E-state index is 11.8. The molecule has 7 nitrogen and oxygen atoms in total. The number of terminal acetylenes is 1. The Balaban J connectivity index is 1.96. The first-order valence-corrected chi connectivity index (χ1v) is 6.66. The topological polar surface area (TPSA) is 78.3 Å². The molecule has 0 saturated carbocycles. The van der Waals surface area contributed by atoms with Gasteiger partial charge in [0.15, 0.2) is 11.5 Å². The van der Waals surface area contributed by atoms with Crippen LogP contribution in [0.25, 0.3) is 0 Å². The maximum absolute atomic E-state index is 11.8. The summed E-state index contributed by atoms with van der Waals surface area (Å²) in [6.07, 6.45) is 6.89. The van der Waals surface area contributed by atoms with E-state index in [1.807, 2.05) is 12.1 Å². The SMILES string of the molecule is C#CCOc1ccc(C2CC(=O)Nc3ncnn32)cc1OC. The van der Waals surface area contributed by atoms with E-state index in [1.54, 1.807) is 17.9 Å². The van der Waals surface area contributed by atoms with Gasteiger partial charge in [-0.05, 0) is 17.7 Å². The zero-order valence-electron chi connectivity index (χ0n) is 11.9. The standard InChI is InChI=1S/C15H14N4O3/c1-3-6-22-12-5-4-10(7-13(12)21-2)11-8-14(20)18-15-16-9-17-19(11)15/h1,4-5,7,9,11H,6,8H2,2H3,(H,16,17,18,20). The lowest BCUT2D eigenvalue weighted by molar-refractivity contribution is -0.117. The van der Waals surface area contributed by atoms with Crippen LogP contribution in [0.2, 0.25) is 0 Å². The van der Waals surface area contributed by atoms with Crippen LogP contribution in [0.4, 0.5) is 5.95 Å². The van der Waals surface area contributed by atoms with Gasteiger partial charge < -0.3 is 9.47 Å². The number of hydrogen-bond donors (Lipinski definition) is 1. The fourth-order valence-corrected chi connectivity index (χ4v) is 2.39. The van der Waals surface area contributed by atoms with Gasteiger partial charge in [0, 0.05) is 0 Å². The van der Waals surface area contributed by atoms with Crippen LogP contribution in [-0.2, 0) is 4.79 Å². The average Bonchev–Trinajstić information content (AvgIpc) is 3.00. The molecule has 0 spiro atoms. The number of carbonyl (C=O) groups is 1. The summed E-state index contributed by atoms with van der Waals surface area (Å²) in [5.41, 5.74) is 0.881. The fraction of sp³-hybridized carbons (Fsp3) is 0.267. The molecule has 1 aliphatic rings. The second-order valence-electron chi connectivity index (χ2n) is 4.70. The van der Waals surface area contributed by atoms with Crippen LogP contribution in [0, 0.1) is 12.3 Å². The first-order valence-electron chi connectivity index (χ1n) is 6.66. The highest BCUT2D eigenvalue weighted by molar-refractivity contribution is 5.91. The largest absolute Gasteiger partial charge is 0.493 e. The molecule has 1 aromatic heterocycles. The Morgan fingerprint density at radius 2 is 2.36 bits per heavy atom. The van der Waals surface area contributed by atoms with E-state index in [4.69, 9.17) is 15.9 Å². The van der Waals surface area contributed by atoms with Gasteiger partial charge in [-0.3, -0.25) is 10.1 Å². The molecule has 0 aliphatic carbocycles. The van der Waals surface area contributed by atoms with Crippen molar-refractivity contribution in [2.45, 2.75) is 12.5 Å². The molecule has 7 heteroatoms. The van der Waals surface area contributed by atoms with Crippen molar-refractivity contribution in [1.29, 1.82) is 0 Å². The van der Waals surface area contributed by atoms with E-state index in [-0.39, 0.29) is 25.0 Å². The molecule has 0 fully saturated rings. The van der Waals surface area contributed by atoms with Crippen molar-refractivity contribution in [3.8, 4) is 23.8 Å². The summed E-state index contributed by atoms with van der Waals surface area (Å²) >= 11 is 0. The number of nitrogens with one attached hydrogen (secondary N) is 1. The Hall–Kier alpha value is -3.01. The molecule has 1 aromatic carbocycles. The van der Waals surface area contributed by atoms with E-state index in [1.165, 1.54) is 6.33 Å². The van der Waals surface area contributed by atoms with Crippen LogP contribution in [-0.4, -0.2) is 34.4 Å². The summed E-state index contributed by atoms with van der Waals surface area (Å²) in [6.45, 7) is 0.161. The first kappa shape index (κ1) is 13.9. The molecule has 3 rings (SSSR count). The van der Waals surface area contributed by atoms with Gasteiger partial charge in [-0.25, -0.2) is 4.68 Å². The highest BCUT2D eigenvalue weighted by Gasteiger charge is 2.28. The van der Waals surface area contributed by atoms with Gasteiger partial charge in [0.2, 0.25) is 11.9 Å². The molecule has 0 saturated heterocycles. The zero-order valence-corrected chi connectivity index (χ0v) is 11.9. The molecule has 22 heavy (non-hydrogen) atoms. The van der Waals surface area contributed by atoms with Crippen molar-refractivity contribution >= 4 is 11.9 Å². The summed E-state index contributed by atoms with van der Waals surface area (Å²) in [4.78, 5) is 15.8. The quantitative estimate of drug-likeness (QED) is 0.859. The minimum atomic E-state index is -0.234. The molecule has 2 aromatic rings. The number of fused-ring (bicyclic) bond motifs is 1. The number of rotatable bonds is 4. The van der Waals surface area contributed by atoms with E-state index in [0.717, 1.165) is 5.56 Å². The van der Waals surface area contributed by atoms with E-state index in [9.17, 15) is 4.79 Å². The summed E-state index contributed by atoms with van der Waals surface area (Å²) < 4.78 is 12.4. The van der Waals surface area contributed by atoms with Crippen LogP contribution in [0.1, 0.15) is 18.0 Å². The lowest BCUT2D eigenvalue weighted by Crippen LogP contribution is -2.29. The predicted octanol–water partition coefficient (Wildman–Crippen LogP) is 1.23. The van der Waals surface area contributed by atoms with Crippen molar-refractivity contribution in [3.63, 3.8) is 0 Å². The summed E-state index contributed by atoms with van der Waals surface area (Å²) in [7, 11) is 1.55. The number of aromatic nitrogens is 3. The summed E-state index contributed by atoms with van der Waals surface area (Å²) in [6, 6.07) is 5.22. The van der Waals surface area contributed by atoms with Gasteiger partial charge in [0.05, 0.1) is 19.6 Å². The minimum Gasteiger partial charge on any atom is -0.493 e. The number of nitrogens with zero attached hydrogens (tertiary/aromatic N) is 3. The van der Waals surface area contributed by atoms with E-state index in [2.05, 4.69) is 21.3 Å². The molecular formula is C15H14N4O3. The first-order chi connectivity index (χ1) is 10.7. The molecule has 0 radical (unpaired) electrons. The van der Waals surface area contributed by atoms with Gasteiger partial charge in [0.25, 0.3) is 0 Å². The Morgan fingerprint density at radius 3 is 3.14 bits per heavy atom. The Kier molecular flexibility index (Phi) is 3.66. The van der Waals surface area contributed by atoms with Crippen molar-refractivity contribution < 1.29 is 14.3 Å². The number of ether oxygens (including phenoxy) is 2. The van der Waals surface area contributed by atoms with E-state index in [0.29, 0.717) is 17.4 Å². The van der Waals surface area contributed by atoms with Crippen molar-refractivity contribution in [3.05, 3.63) is 30.1 Å². The number of hydrogen-bond acceptors (Lipinski definition) is 5. The normalized spacial score (nSPS) is 16.4. The number of anilines is 1. The number of benzene rings is 1. The average molecular weight is 298 g/mol. The molecule has 1 atom stereocenters. The summed E-state index contributed by atoms with van der Waals surface area (Å²) in [5.74, 6) is 3.86. The molecule has 0 bridgehead atoms. The lowest BCUT2D eigenvalue weighted by atomic mass is 10.0. The van der Waals surface area contributed by atoms with Crippen LogP contribution in [0.5, 0.6) is 11.5 Å². The molecule has 1 aliphatic heterocycles. The third-order valence-corrected chi connectivity index (χ3v) is 3.38. The van der Waals surface area contributed by atoms with Crippen LogP contribution in [0.3, 0.4) is 0 Å². The van der Waals surface area contributed by atoms with Crippen molar-refractivity contribution in [2.75, 3.05) is 19.0 Å². The molecular weight excluding hydrogens is 284 g/mol. The van der Waals surface area contributed by atoms with E-state index >= 15 is 0 Å². The van der Waals surface area contributed by atoms with Crippen LogP contribution in [0.15, 0.2) is 24.5 Å². The Labute approximate surface area is 127 Å². The number of carbonyl (C=O) groups excluding carboxylic acids is 1. The van der Waals surface area contributed by atoms with Gasteiger partial charge in [-0.2, -0.15) is 10.1 Å². The molecule has 2 heterocycles. The van der Waals surface area contributed by atoms with Gasteiger partial charge >= 0.3 is 0 Å². The number of amides is 1. The number of methoxy groups -OCH3 is 1. The van der Waals surface area contributed by atoms with Gasteiger partial charge in [0.1, 0.15) is 12.9 Å². The van der Waals surface area contributed by atoms with E-state index < -0.39 is 0 Å². The lowest BCUT2D eigenvalue weighted by Gasteiger charge is -2.24. The van der Waals surface area contributed by atoms with Crippen molar-refractivity contribution in [2.24, 2.45) is 0 Å². The minimum absolute atomic E-state index is 0.0999. The second kappa shape index (κ2) is 5.77. The molecule has 1 N–H and O–H groups in total. The third kappa shape index (κ3) is 2.46. The van der Waals surface area contributed by atoms with Gasteiger partial charge in [-0.15, -0.1) is 6.42 Å². The summed E-state index contributed by atoms with van der Waals surface area (Å²) in [5, 5.41) is 6.85. The monoisotopic (exact) mass is 298 g/mol. The second-order valence-corrected chi connectivity index (χ2v) is 4.70. The van der Waals surface area contributed by atoms with Crippen LogP contribution >= 0.6 is 0 Å². The predicted molar refractivity (Wildman–Crippen MR) is 78.7 cm³/mol. The molecule has 1 amide bonds.